The number of nitrogens with zero attached hydrogens (tertiary/aromatic N) is 4. The fourth-order valence-electron chi connectivity index (χ4n) is 4.41. The van der Waals surface area contributed by atoms with Crippen molar-refractivity contribution in [1.29, 1.82) is 5.26 Å². The van der Waals surface area contributed by atoms with Crippen LogP contribution >= 0.6 is 0 Å². The van der Waals surface area contributed by atoms with E-state index in [0.29, 0.717) is 19.6 Å². The number of aliphatic carboxylic acids is 1. The molecule has 1 saturated carbocycles. The molecule has 0 spiro atoms. The van der Waals surface area contributed by atoms with Gasteiger partial charge in [0.15, 0.2) is 0 Å². The van der Waals surface area contributed by atoms with E-state index in [1.54, 1.807) is 9.80 Å². The second-order valence-electron chi connectivity index (χ2n) is 7.66. The van der Waals surface area contributed by atoms with Crippen molar-refractivity contribution in [3.8, 4) is 6.07 Å². The van der Waals surface area contributed by atoms with Gasteiger partial charge in [0.1, 0.15) is 23.1 Å². The quantitative estimate of drug-likeness (QED) is 0.865. The van der Waals surface area contributed by atoms with E-state index in [0.717, 1.165) is 12.5 Å². The third-order valence-corrected chi connectivity index (χ3v) is 6.10. The minimum atomic E-state index is -4.60. The zero-order valence-corrected chi connectivity index (χ0v) is 14.7. The molecule has 3 unspecified atom stereocenters. The van der Waals surface area contributed by atoms with E-state index < -0.39 is 17.8 Å². The predicted octanol–water partition coefficient (Wildman–Crippen LogP) is 2.73. The summed E-state index contributed by atoms with van der Waals surface area (Å²) in [6, 6.07) is 3.07. The first-order valence-electron chi connectivity index (χ1n) is 8.96. The molecule has 3 atom stereocenters. The molecule has 144 valence electrons. The van der Waals surface area contributed by atoms with Gasteiger partial charge in [-0.1, -0.05) is 0 Å². The zero-order valence-electron chi connectivity index (χ0n) is 14.7. The first-order valence-corrected chi connectivity index (χ1v) is 8.96. The number of hydrogen-bond donors (Lipinski definition) is 1. The smallest absolute Gasteiger partial charge is 0.433 e. The number of anilines is 2. The van der Waals surface area contributed by atoms with Crippen molar-refractivity contribution in [2.24, 2.45) is 17.8 Å². The number of nitriles is 1. The Morgan fingerprint density at radius 1 is 1.41 bits per heavy atom. The first kappa shape index (κ1) is 17.9. The van der Waals surface area contributed by atoms with Crippen LogP contribution in [-0.2, 0) is 11.0 Å². The van der Waals surface area contributed by atoms with Crippen molar-refractivity contribution in [3.63, 3.8) is 0 Å². The lowest BCUT2D eigenvalue weighted by Crippen LogP contribution is -2.47. The number of pyridine rings is 1. The van der Waals surface area contributed by atoms with E-state index >= 15 is 0 Å². The van der Waals surface area contributed by atoms with E-state index in [1.807, 2.05) is 6.92 Å². The topological polar surface area (TPSA) is 80.5 Å². The zero-order chi connectivity index (χ0) is 19.5. The fraction of sp³-hybridized carbons (Fsp3) is 0.611. The average Bonchev–Trinajstić information content (AvgIpc) is 3.02. The average molecular weight is 380 g/mol. The Morgan fingerprint density at radius 2 is 2.07 bits per heavy atom. The Labute approximate surface area is 154 Å². The number of hydrogen-bond acceptors (Lipinski definition) is 5. The number of carboxylic acid groups (broad SMARTS) is 1. The Hall–Kier alpha value is -2.50. The Balaban J connectivity index is 1.67. The van der Waals surface area contributed by atoms with Crippen LogP contribution in [0.15, 0.2) is 6.07 Å². The summed E-state index contributed by atoms with van der Waals surface area (Å²) in [6.45, 7) is 3.44. The largest absolute Gasteiger partial charge is 0.481 e. The summed E-state index contributed by atoms with van der Waals surface area (Å²) in [5.74, 6) is -0.328. The number of aromatic nitrogens is 1. The highest BCUT2D eigenvalue weighted by Crippen LogP contribution is 2.55. The van der Waals surface area contributed by atoms with Crippen LogP contribution < -0.4 is 9.80 Å². The summed E-state index contributed by atoms with van der Waals surface area (Å²) >= 11 is 0. The molecule has 3 aliphatic rings. The van der Waals surface area contributed by atoms with Gasteiger partial charge in [-0.3, -0.25) is 4.79 Å². The van der Waals surface area contributed by atoms with Gasteiger partial charge in [-0.25, -0.2) is 4.98 Å². The summed E-state index contributed by atoms with van der Waals surface area (Å²) in [5, 5.41) is 18.6. The third kappa shape index (κ3) is 2.97. The number of carbonyl (C=O) groups is 1. The molecule has 0 radical (unpaired) electrons. The predicted molar refractivity (Wildman–Crippen MR) is 90.3 cm³/mol. The first-order chi connectivity index (χ1) is 12.7. The number of fused-ring (bicyclic) bond motifs is 1. The highest BCUT2D eigenvalue weighted by Gasteiger charge is 2.56. The molecule has 27 heavy (non-hydrogen) atoms. The highest BCUT2D eigenvalue weighted by atomic mass is 19.4. The molecule has 2 saturated heterocycles. The van der Waals surface area contributed by atoms with E-state index in [4.69, 9.17) is 5.11 Å². The summed E-state index contributed by atoms with van der Waals surface area (Å²) in [6.07, 6.45) is -3.65. The van der Waals surface area contributed by atoms with Crippen molar-refractivity contribution in [2.75, 3.05) is 29.4 Å². The second-order valence-corrected chi connectivity index (χ2v) is 7.66. The Bertz CT molecular complexity index is 823. The second kappa shape index (κ2) is 6.01. The van der Waals surface area contributed by atoms with Crippen LogP contribution in [0.4, 0.5) is 24.7 Å². The molecule has 1 aromatic heterocycles. The normalized spacial score (nSPS) is 29.1. The molecule has 3 heterocycles. The van der Waals surface area contributed by atoms with Crippen LogP contribution in [0.5, 0.6) is 0 Å². The maximum atomic E-state index is 13.4. The number of halogens is 3. The fourth-order valence-corrected chi connectivity index (χ4v) is 4.41. The molecule has 1 N–H and O–H groups in total. The highest BCUT2D eigenvalue weighted by molar-refractivity contribution is 5.73. The van der Waals surface area contributed by atoms with Crippen molar-refractivity contribution in [2.45, 2.75) is 32.0 Å². The molecule has 0 bridgehead atoms. The van der Waals surface area contributed by atoms with Crippen LogP contribution in [0.3, 0.4) is 0 Å². The maximum absolute atomic E-state index is 13.4. The molecule has 4 rings (SSSR count). The van der Waals surface area contributed by atoms with Gasteiger partial charge in [-0.2, -0.15) is 18.4 Å². The van der Waals surface area contributed by atoms with Gasteiger partial charge in [-0.15, -0.1) is 0 Å². The van der Waals surface area contributed by atoms with Crippen molar-refractivity contribution >= 4 is 17.5 Å². The van der Waals surface area contributed by atoms with Crippen molar-refractivity contribution in [3.05, 3.63) is 17.3 Å². The molecule has 9 heteroatoms. The third-order valence-electron chi connectivity index (χ3n) is 6.10. The number of piperidine rings is 1. The summed E-state index contributed by atoms with van der Waals surface area (Å²) < 4.78 is 40.2. The number of carboxylic acids is 1. The van der Waals surface area contributed by atoms with Gasteiger partial charge >= 0.3 is 12.1 Å². The van der Waals surface area contributed by atoms with Gasteiger partial charge in [-0.05, 0) is 37.2 Å². The van der Waals surface area contributed by atoms with Crippen LogP contribution in [0.1, 0.15) is 31.0 Å². The summed E-state index contributed by atoms with van der Waals surface area (Å²) in [4.78, 5) is 18.2. The molecule has 1 aromatic rings. The summed E-state index contributed by atoms with van der Waals surface area (Å²) in [7, 11) is 0. The van der Waals surface area contributed by atoms with Crippen molar-refractivity contribution in [1.82, 2.24) is 4.98 Å². The monoisotopic (exact) mass is 380 g/mol. The molecule has 1 aliphatic carbocycles. The van der Waals surface area contributed by atoms with Gasteiger partial charge in [0.25, 0.3) is 0 Å². The lowest BCUT2D eigenvalue weighted by molar-refractivity contribution is -0.141. The van der Waals surface area contributed by atoms with E-state index in [-0.39, 0.29) is 47.3 Å². The molecule has 2 aliphatic heterocycles. The lowest BCUT2D eigenvalue weighted by atomic mass is 10.0. The molecule has 6 nitrogen and oxygen atoms in total. The van der Waals surface area contributed by atoms with E-state index in [1.165, 1.54) is 0 Å². The van der Waals surface area contributed by atoms with Crippen molar-refractivity contribution < 1.29 is 23.1 Å². The van der Waals surface area contributed by atoms with E-state index in [2.05, 4.69) is 11.1 Å². The molecular weight excluding hydrogens is 361 g/mol. The maximum Gasteiger partial charge on any atom is 0.433 e. The summed E-state index contributed by atoms with van der Waals surface area (Å²) in [5.41, 5.74) is -0.561. The minimum absolute atomic E-state index is 0.0489. The minimum Gasteiger partial charge on any atom is -0.481 e. The van der Waals surface area contributed by atoms with Crippen LogP contribution in [0, 0.1) is 29.1 Å². The van der Waals surface area contributed by atoms with Gasteiger partial charge < -0.3 is 14.9 Å². The van der Waals surface area contributed by atoms with E-state index in [9.17, 15) is 23.2 Å². The molecule has 3 fully saturated rings. The standard InChI is InChI=1S/C18H19F3N4O2/c1-9-2-3-25(9)17-11(6-22)14(5-15(23-17)18(19,20)21)24-7-12-10(4-16(26)27)13(12)8-24/h5,9-10,12-13H,2-4,7-8H2,1H3,(H,26,27). The van der Waals surface area contributed by atoms with Gasteiger partial charge in [0.2, 0.25) is 0 Å². The van der Waals surface area contributed by atoms with Gasteiger partial charge in [0.05, 0.1) is 5.69 Å². The molecule has 0 aromatic carbocycles. The molecular formula is C18H19F3N4O2. The van der Waals surface area contributed by atoms with Crippen LogP contribution in [-0.4, -0.2) is 41.7 Å². The SMILES string of the molecule is CC1CCN1c1nc(C(F)(F)F)cc(N2CC3C(CC(=O)O)C3C2)c1C#N. The molecule has 0 amide bonds. The Morgan fingerprint density at radius 3 is 2.52 bits per heavy atom. The number of rotatable bonds is 4. The van der Waals surface area contributed by atoms with Crippen LogP contribution in [0.25, 0.3) is 0 Å². The van der Waals surface area contributed by atoms with Gasteiger partial charge in [0, 0.05) is 32.1 Å². The van der Waals surface area contributed by atoms with Crippen LogP contribution in [0.2, 0.25) is 0 Å². The number of alkyl halides is 3. The lowest BCUT2D eigenvalue weighted by Gasteiger charge is -2.41. The Kier molecular flexibility index (Phi) is 3.98.